The van der Waals surface area contributed by atoms with Gasteiger partial charge in [0.15, 0.2) is 4.34 Å². The number of fused-ring (bicyclic) bond motifs is 4. The summed E-state index contributed by atoms with van der Waals surface area (Å²) in [5.74, 6) is 2.18. The largest absolute Gasteiger partial charge is 0.494 e. The number of hydrogen-bond donors (Lipinski definition) is 1. The maximum absolute atomic E-state index is 13.0. The van der Waals surface area contributed by atoms with E-state index in [-0.39, 0.29) is 11.8 Å². The second kappa shape index (κ2) is 10.8. The van der Waals surface area contributed by atoms with Gasteiger partial charge in [-0.25, -0.2) is 4.98 Å². The molecule has 0 bridgehead atoms. The summed E-state index contributed by atoms with van der Waals surface area (Å²) >= 11 is 3.55. The van der Waals surface area contributed by atoms with Crippen molar-refractivity contribution in [3.63, 3.8) is 0 Å². The van der Waals surface area contributed by atoms with E-state index in [0.717, 1.165) is 46.2 Å². The Bertz CT molecular complexity index is 1350. The molecular weight excluding hydrogens is 472 g/mol. The molecule has 0 radical (unpaired) electrons. The molecule has 0 fully saturated rings. The van der Waals surface area contributed by atoms with Gasteiger partial charge >= 0.3 is 0 Å². The van der Waals surface area contributed by atoms with Gasteiger partial charge in [-0.05, 0) is 72.7 Å². The predicted octanol–water partition coefficient (Wildman–Crippen LogP) is 7.52. The molecule has 180 valence electrons. The average molecular weight is 503 g/mol. The second-order valence-corrected chi connectivity index (χ2v) is 11.1. The van der Waals surface area contributed by atoms with E-state index in [1.165, 1.54) is 27.0 Å². The molecule has 6 heteroatoms. The Labute approximate surface area is 215 Å². The van der Waals surface area contributed by atoms with Crippen LogP contribution in [-0.2, 0) is 0 Å². The molecule has 1 heterocycles. The first-order chi connectivity index (χ1) is 17.2. The van der Waals surface area contributed by atoms with E-state index in [4.69, 9.17) is 9.72 Å². The minimum absolute atomic E-state index is 0.0387. The van der Waals surface area contributed by atoms with Crippen LogP contribution >= 0.6 is 23.1 Å². The molecule has 0 aliphatic heterocycles. The summed E-state index contributed by atoms with van der Waals surface area (Å²) < 4.78 is 7.89. The van der Waals surface area contributed by atoms with Crippen molar-refractivity contribution in [3.05, 3.63) is 77.4 Å². The lowest BCUT2D eigenvalue weighted by molar-refractivity contribution is 0.0952. The van der Waals surface area contributed by atoms with E-state index in [1.807, 2.05) is 43.0 Å². The van der Waals surface area contributed by atoms with Gasteiger partial charge in [0.25, 0.3) is 5.91 Å². The third-order valence-electron chi connectivity index (χ3n) is 6.38. The minimum atomic E-state index is 0.0387. The van der Waals surface area contributed by atoms with Gasteiger partial charge in [-0.1, -0.05) is 55.1 Å². The van der Waals surface area contributed by atoms with Crippen LogP contribution in [0.25, 0.3) is 21.3 Å². The lowest BCUT2D eigenvalue weighted by Crippen LogP contribution is -2.25. The summed E-state index contributed by atoms with van der Waals surface area (Å²) in [6.07, 6.45) is 2.99. The fraction of sp³-hybridized carbons (Fsp3) is 0.310. The smallest absolute Gasteiger partial charge is 0.251 e. The highest BCUT2D eigenvalue weighted by atomic mass is 32.2. The van der Waals surface area contributed by atoms with Crippen molar-refractivity contribution < 1.29 is 9.53 Å². The first-order valence-corrected chi connectivity index (χ1v) is 14.2. The van der Waals surface area contributed by atoms with Crippen molar-refractivity contribution in [1.82, 2.24) is 10.3 Å². The van der Waals surface area contributed by atoms with E-state index in [2.05, 4.69) is 48.6 Å². The fourth-order valence-electron chi connectivity index (χ4n) is 4.86. The lowest BCUT2D eigenvalue weighted by Gasteiger charge is -2.17. The maximum Gasteiger partial charge on any atom is 0.251 e. The Morgan fingerprint density at radius 3 is 2.80 bits per heavy atom. The highest BCUT2D eigenvalue weighted by molar-refractivity contribution is 8.01. The molecule has 1 aromatic heterocycles. The number of hydrogen-bond acceptors (Lipinski definition) is 5. The molecule has 4 aromatic rings. The molecule has 1 aliphatic rings. The van der Waals surface area contributed by atoms with Crippen LogP contribution in [0.5, 0.6) is 5.75 Å². The topological polar surface area (TPSA) is 51.2 Å². The molecule has 1 aliphatic carbocycles. The maximum atomic E-state index is 13.0. The molecule has 1 amide bonds. The SMILES string of the molecule is CCCNC(=O)c1cccc2c1C(CCCSc1nc3ccc(OCC)cc3s1)c1ccccc1-2. The third-order valence-corrected chi connectivity index (χ3v) is 8.62. The van der Waals surface area contributed by atoms with Gasteiger partial charge in [0.1, 0.15) is 5.75 Å². The molecule has 0 saturated heterocycles. The standard InChI is InChI=1S/C29H30N2O2S2/c1-3-16-30-28(32)24-12-7-11-22-20-9-5-6-10-21(20)23(27(22)24)13-8-17-34-29-31-25-15-14-19(33-4-2)18-26(25)35-29/h5-7,9-12,14-15,18,23H,3-4,8,13,16-17H2,1-2H3,(H,30,32). The summed E-state index contributed by atoms with van der Waals surface area (Å²) in [4.78, 5) is 17.8. The number of carbonyl (C=O) groups excluding carboxylic acids is 1. The number of carbonyl (C=O) groups is 1. The monoisotopic (exact) mass is 502 g/mol. The highest BCUT2D eigenvalue weighted by Crippen LogP contribution is 2.48. The molecule has 0 spiro atoms. The first kappa shape index (κ1) is 23.9. The van der Waals surface area contributed by atoms with E-state index in [0.29, 0.717) is 13.2 Å². The van der Waals surface area contributed by atoms with Crippen LogP contribution in [0.1, 0.15) is 60.5 Å². The van der Waals surface area contributed by atoms with E-state index < -0.39 is 0 Å². The number of thiazole rings is 1. The number of rotatable bonds is 10. The molecule has 35 heavy (non-hydrogen) atoms. The Kier molecular flexibility index (Phi) is 7.40. The minimum Gasteiger partial charge on any atom is -0.494 e. The van der Waals surface area contributed by atoms with Crippen LogP contribution in [0.15, 0.2) is 65.0 Å². The van der Waals surface area contributed by atoms with Crippen LogP contribution < -0.4 is 10.1 Å². The number of amides is 1. The Morgan fingerprint density at radius 2 is 1.94 bits per heavy atom. The van der Waals surface area contributed by atoms with Gasteiger partial charge in [-0.2, -0.15) is 0 Å². The van der Waals surface area contributed by atoms with Crippen LogP contribution in [0, 0.1) is 0 Å². The van der Waals surface area contributed by atoms with Gasteiger partial charge in [-0.15, -0.1) is 11.3 Å². The summed E-state index contributed by atoms with van der Waals surface area (Å²) in [7, 11) is 0. The Balaban J connectivity index is 1.31. The van der Waals surface area contributed by atoms with E-state index in [9.17, 15) is 4.79 Å². The van der Waals surface area contributed by atoms with Gasteiger partial charge < -0.3 is 10.1 Å². The summed E-state index contributed by atoms with van der Waals surface area (Å²) in [6.45, 7) is 5.45. The van der Waals surface area contributed by atoms with Gasteiger partial charge in [0.2, 0.25) is 0 Å². The third kappa shape index (κ3) is 4.95. The van der Waals surface area contributed by atoms with Crippen molar-refractivity contribution in [2.45, 2.75) is 43.4 Å². The molecule has 4 nitrogen and oxygen atoms in total. The predicted molar refractivity (Wildman–Crippen MR) is 147 cm³/mol. The molecule has 3 aromatic carbocycles. The second-order valence-electron chi connectivity index (χ2n) is 8.70. The Morgan fingerprint density at radius 1 is 1.09 bits per heavy atom. The fourth-order valence-corrected chi connectivity index (χ4v) is 6.99. The lowest BCUT2D eigenvalue weighted by atomic mass is 9.89. The van der Waals surface area contributed by atoms with Crippen molar-refractivity contribution in [3.8, 4) is 16.9 Å². The normalized spacial score (nSPS) is 14.1. The van der Waals surface area contributed by atoms with Crippen molar-refractivity contribution in [1.29, 1.82) is 0 Å². The zero-order valence-electron chi connectivity index (χ0n) is 20.2. The van der Waals surface area contributed by atoms with Crippen LogP contribution in [-0.4, -0.2) is 29.8 Å². The number of thioether (sulfide) groups is 1. The van der Waals surface area contributed by atoms with Crippen molar-refractivity contribution >= 4 is 39.2 Å². The van der Waals surface area contributed by atoms with Crippen LogP contribution in [0.4, 0.5) is 0 Å². The van der Waals surface area contributed by atoms with Gasteiger partial charge in [-0.3, -0.25) is 4.79 Å². The van der Waals surface area contributed by atoms with Crippen LogP contribution in [0.2, 0.25) is 0 Å². The number of aromatic nitrogens is 1. The van der Waals surface area contributed by atoms with Gasteiger partial charge in [0, 0.05) is 23.8 Å². The summed E-state index contributed by atoms with van der Waals surface area (Å²) in [5, 5.41) is 3.08. The van der Waals surface area contributed by atoms with Crippen molar-refractivity contribution in [2.24, 2.45) is 0 Å². The number of benzene rings is 3. The molecule has 0 saturated carbocycles. The number of ether oxygens (including phenoxy) is 1. The Hall–Kier alpha value is -2.83. The molecule has 1 atom stereocenters. The highest BCUT2D eigenvalue weighted by Gasteiger charge is 2.31. The molecular formula is C29H30N2O2S2. The molecule has 5 rings (SSSR count). The first-order valence-electron chi connectivity index (χ1n) is 12.4. The number of nitrogens with zero attached hydrogens (tertiary/aromatic N) is 1. The van der Waals surface area contributed by atoms with Crippen molar-refractivity contribution in [2.75, 3.05) is 18.9 Å². The molecule has 1 N–H and O–H groups in total. The summed E-state index contributed by atoms with van der Waals surface area (Å²) in [6, 6.07) is 20.9. The number of nitrogens with one attached hydrogen (secondary N) is 1. The zero-order chi connectivity index (χ0) is 24.2. The van der Waals surface area contributed by atoms with E-state index >= 15 is 0 Å². The summed E-state index contributed by atoms with van der Waals surface area (Å²) in [5.41, 5.74) is 6.85. The van der Waals surface area contributed by atoms with E-state index in [1.54, 1.807) is 11.3 Å². The van der Waals surface area contributed by atoms with Gasteiger partial charge in [0.05, 0.1) is 16.8 Å². The average Bonchev–Trinajstić information content (AvgIpc) is 3.43. The van der Waals surface area contributed by atoms with Crippen LogP contribution in [0.3, 0.4) is 0 Å². The quantitative estimate of drug-likeness (QED) is 0.180. The molecule has 1 unspecified atom stereocenters. The zero-order valence-corrected chi connectivity index (χ0v) is 21.8.